The number of hydrogen-bond acceptors (Lipinski definition) is 3. The van der Waals surface area contributed by atoms with E-state index in [1.165, 1.54) is 5.56 Å². The summed E-state index contributed by atoms with van der Waals surface area (Å²) in [6, 6.07) is 7.92. The Kier molecular flexibility index (Phi) is 5.81. The molecule has 0 aliphatic heterocycles. The van der Waals surface area contributed by atoms with Gasteiger partial charge in [0.1, 0.15) is 0 Å². The van der Waals surface area contributed by atoms with Crippen LogP contribution in [0.1, 0.15) is 24.8 Å². The number of nitrogens with two attached hydrogens (primary N) is 1. The van der Waals surface area contributed by atoms with Crippen molar-refractivity contribution in [2.45, 2.75) is 25.8 Å². The van der Waals surface area contributed by atoms with E-state index in [2.05, 4.69) is 11.4 Å². The standard InChI is InChI=1S/C12H20N2O/c13-12-6-4-5-11(9-12)10-14-7-2-1-3-8-15/h4-6,9,14-15H,1-3,7-8,10,13H2. The van der Waals surface area contributed by atoms with Gasteiger partial charge in [-0.3, -0.25) is 0 Å². The van der Waals surface area contributed by atoms with Crippen LogP contribution < -0.4 is 11.1 Å². The summed E-state index contributed by atoms with van der Waals surface area (Å²) in [7, 11) is 0. The van der Waals surface area contributed by atoms with Crippen molar-refractivity contribution in [2.75, 3.05) is 18.9 Å². The predicted octanol–water partition coefficient (Wildman–Crippen LogP) is 1.52. The summed E-state index contributed by atoms with van der Waals surface area (Å²) in [5.74, 6) is 0. The molecule has 84 valence electrons. The van der Waals surface area contributed by atoms with E-state index in [1.807, 2.05) is 18.2 Å². The van der Waals surface area contributed by atoms with Gasteiger partial charge in [-0.05, 0) is 43.5 Å². The fourth-order valence-electron chi connectivity index (χ4n) is 1.47. The molecule has 1 aromatic rings. The molecule has 0 atom stereocenters. The normalized spacial score (nSPS) is 10.5. The molecule has 0 spiro atoms. The van der Waals surface area contributed by atoms with Gasteiger partial charge in [-0.25, -0.2) is 0 Å². The lowest BCUT2D eigenvalue weighted by atomic mass is 10.2. The molecule has 1 aromatic carbocycles. The fourth-order valence-corrected chi connectivity index (χ4v) is 1.47. The molecule has 0 radical (unpaired) electrons. The number of aliphatic hydroxyl groups excluding tert-OH is 1. The summed E-state index contributed by atoms with van der Waals surface area (Å²) in [5, 5.41) is 11.9. The van der Waals surface area contributed by atoms with Crippen LogP contribution in [0, 0.1) is 0 Å². The number of nitrogen functional groups attached to an aromatic ring is 1. The van der Waals surface area contributed by atoms with Crippen molar-refractivity contribution >= 4 is 5.69 Å². The largest absolute Gasteiger partial charge is 0.399 e. The van der Waals surface area contributed by atoms with Gasteiger partial charge in [0.25, 0.3) is 0 Å². The molecular weight excluding hydrogens is 188 g/mol. The van der Waals surface area contributed by atoms with Gasteiger partial charge < -0.3 is 16.2 Å². The van der Waals surface area contributed by atoms with Gasteiger partial charge in [0.15, 0.2) is 0 Å². The van der Waals surface area contributed by atoms with Gasteiger partial charge in [0, 0.05) is 18.8 Å². The zero-order valence-corrected chi connectivity index (χ0v) is 9.08. The van der Waals surface area contributed by atoms with Crippen LogP contribution >= 0.6 is 0 Å². The van der Waals surface area contributed by atoms with Crippen LogP contribution in [-0.4, -0.2) is 18.3 Å². The van der Waals surface area contributed by atoms with Crippen LogP contribution in [0.5, 0.6) is 0 Å². The Hall–Kier alpha value is -1.06. The fraction of sp³-hybridized carbons (Fsp3) is 0.500. The first kappa shape index (κ1) is 12.0. The zero-order chi connectivity index (χ0) is 10.9. The van der Waals surface area contributed by atoms with Crippen molar-refractivity contribution in [2.24, 2.45) is 0 Å². The van der Waals surface area contributed by atoms with Crippen LogP contribution in [0.3, 0.4) is 0 Å². The van der Waals surface area contributed by atoms with E-state index < -0.39 is 0 Å². The number of nitrogens with one attached hydrogen (secondary N) is 1. The Morgan fingerprint density at radius 1 is 1.20 bits per heavy atom. The van der Waals surface area contributed by atoms with E-state index in [-0.39, 0.29) is 0 Å². The molecule has 0 saturated carbocycles. The summed E-state index contributed by atoms with van der Waals surface area (Å²) in [6.07, 6.45) is 3.10. The number of unbranched alkanes of at least 4 members (excludes halogenated alkanes) is 2. The van der Waals surface area contributed by atoms with Gasteiger partial charge in [-0.1, -0.05) is 12.1 Å². The number of rotatable bonds is 7. The molecule has 0 unspecified atom stereocenters. The molecule has 0 amide bonds. The van der Waals surface area contributed by atoms with Crippen molar-refractivity contribution < 1.29 is 5.11 Å². The lowest BCUT2D eigenvalue weighted by molar-refractivity contribution is 0.283. The average Bonchev–Trinajstić information content (AvgIpc) is 2.23. The SMILES string of the molecule is Nc1cccc(CNCCCCCO)c1. The molecule has 4 N–H and O–H groups in total. The van der Waals surface area contributed by atoms with Crippen LogP contribution in [0.4, 0.5) is 5.69 Å². The smallest absolute Gasteiger partial charge is 0.0431 e. The molecule has 0 bridgehead atoms. The van der Waals surface area contributed by atoms with Crippen molar-refractivity contribution in [3.8, 4) is 0 Å². The van der Waals surface area contributed by atoms with E-state index in [4.69, 9.17) is 10.8 Å². The maximum atomic E-state index is 8.60. The topological polar surface area (TPSA) is 58.3 Å². The van der Waals surface area contributed by atoms with E-state index in [9.17, 15) is 0 Å². The molecule has 1 rings (SSSR count). The lowest BCUT2D eigenvalue weighted by Gasteiger charge is -2.05. The molecule has 3 nitrogen and oxygen atoms in total. The molecule has 0 saturated heterocycles. The first-order valence-corrected chi connectivity index (χ1v) is 5.49. The average molecular weight is 208 g/mol. The number of hydrogen-bond donors (Lipinski definition) is 3. The van der Waals surface area contributed by atoms with E-state index in [1.54, 1.807) is 0 Å². The first-order valence-electron chi connectivity index (χ1n) is 5.49. The number of anilines is 1. The number of aliphatic hydroxyl groups is 1. The van der Waals surface area contributed by atoms with E-state index in [0.29, 0.717) is 6.61 Å². The van der Waals surface area contributed by atoms with Crippen LogP contribution in [0.25, 0.3) is 0 Å². The van der Waals surface area contributed by atoms with Crippen LogP contribution in [0.15, 0.2) is 24.3 Å². The van der Waals surface area contributed by atoms with Crippen molar-refractivity contribution in [3.05, 3.63) is 29.8 Å². The minimum atomic E-state index is 0.301. The number of benzene rings is 1. The molecule has 0 aliphatic rings. The Balaban J connectivity index is 2.10. The summed E-state index contributed by atoms with van der Waals surface area (Å²) in [5.41, 5.74) is 7.71. The highest BCUT2D eigenvalue weighted by molar-refractivity contribution is 5.40. The van der Waals surface area contributed by atoms with E-state index in [0.717, 1.165) is 38.0 Å². The van der Waals surface area contributed by atoms with Gasteiger partial charge >= 0.3 is 0 Å². The third kappa shape index (κ3) is 5.40. The Bertz CT molecular complexity index is 276. The zero-order valence-electron chi connectivity index (χ0n) is 9.08. The molecule has 3 heteroatoms. The minimum Gasteiger partial charge on any atom is -0.399 e. The summed E-state index contributed by atoms with van der Waals surface area (Å²) in [4.78, 5) is 0. The highest BCUT2D eigenvalue weighted by atomic mass is 16.2. The second kappa shape index (κ2) is 7.26. The molecule has 0 heterocycles. The van der Waals surface area contributed by atoms with Crippen molar-refractivity contribution in [1.29, 1.82) is 0 Å². The summed E-state index contributed by atoms with van der Waals surface area (Å²) in [6.45, 7) is 2.16. The van der Waals surface area contributed by atoms with Crippen molar-refractivity contribution in [1.82, 2.24) is 5.32 Å². The highest BCUT2D eigenvalue weighted by Crippen LogP contribution is 2.05. The Morgan fingerprint density at radius 2 is 2.07 bits per heavy atom. The Labute approximate surface area is 91.3 Å². The summed E-state index contributed by atoms with van der Waals surface area (Å²) >= 11 is 0. The Morgan fingerprint density at radius 3 is 2.80 bits per heavy atom. The lowest BCUT2D eigenvalue weighted by Crippen LogP contribution is -2.14. The van der Waals surface area contributed by atoms with Crippen LogP contribution in [0.2, 0.25) is 0 Å². The predicted molar refractivity (Wildman–Crippen MR) is 63.5 cm³/mol. The van der Waals surface area contributed by atoms with E-state index >= 15 is 0 Å². The molecule has 15 heavy (non-hydrogen) atoms. The van der Waals surface area contributed by atoms with Crippen molar-refractivity contribution in [3.63, 3.8) is 0 Å². The second-order valence-electron chi connectivity index (χ2n) is 3.71. The van der Waals surface area contributed by atoms with Crippen LogP contribution in [-0.2, 0) is 6.54 Å². The first-order chi connectivity index (χ1) is 7.33. The quantitative estimate of drug-likeness (QED) is 0.470. The van der Waals surface area contributed by atoms with Gasteiger partial charge in [0.2, 0.25) is 0 Å². The molecular formula is C12H20N2O. The second-order valence-corrected chi connectivity index (χ2v) is 3.71. The minimum absolute atomic E-state index is 0.301. The van der Waals surface area contributed by atoms with Gasteiger partial charge in [0.05, 0.1) is 0 Å². The monoisotopic (exact) mass is 208 g/mol. The molecule has 0 aliphatic carbocycles. The summed E-state index contributed by atoms with van der Waals surface area (Å²) < 4.78 is 0. The van der Waals surface area contributed by atoms with Gasteiger partial charge in [-0.2, -0.15) is 0 Å². The maximum Gasteiger partial charge on any atom is 0.0431 e. The third-order valence-electron chi connectivity index (χ3n) is 2.29. The third-order valence-corrected chi connectivity index (χ3v) is 2.29. The molecule has 0 fully saturated rings. The highest BCUT2D eigenvalue weighted by Gasteiger charge is 1.93. The van der Waals surface area contributed by atoms with Gasteiger partial charge in [-0.15, -0.1) is 0 Å². The molecule has 0 aromatic heterocycles. The maximum absolute atomic E-state index is 8.60.